The summed E-state index contributed by atoms with van der Waals surface area (Å²) in [4.78, 5) is 11.2. The number of aliphatic imine (C=N–C) groups is 1. The number of aromatic nitrogens is 2. The standard InChI is InChI=1S/C15H28N6O.HI/c1-4-8-21-9-6-13(7-10-21)19-15(16-5-2)17-11-14-18-12(3)22-20-14;/h13H,4-11H2,1-3H3,(H2,16,17,19);1H. The van der Waals surface area contributed by atoms with Crippen LogP contribution in [0.25, 0.3) is 0 Å². The molecule has 0 unspecified atom stereocenters. The summed E-state index contributed by atoms with van der Waals surface area (Å²) in [7, 11) is 0. The Morgan fingerprint density at radius 3 is 2.65 bits per heavy atom. The first-order valence-corrected chi connectivity index (χ1v) is 8.27. The van der Waals surface area contributed by atoms with Gasteiger partial charge in [-0.2, -0.15) is 4.98 Å². The maximum absolute atomic E-state index is 4.96. The normalized spacial score (nSPS) is 16.9. The lowest BCUT2D eigenvalue weighted by Gasteiger charge is -2.32. The molecular formula is C15H29IN6O. The van der Waals surface area contributed by atoms with E-state index >= 15 is 0 Å². The summed E-state index contributed by atoms with van der Waals surface area (Å²) in [5, 5.41) is 10.7. The van der Waals surface area contributed by atoms with Crippen molar-refractivity contribution < 1.29 is 4.52 Å². The van der Waals surface area contributed by atoms with Crippen molar-refractivity contribution in [3.8, 4) is 0 Å². The third kappa shape index (κ3) is 7.03. The molecule has 0 spiro atoms. The van der Waals surface area contributed by atoms with E-state index in [9.17, 15) is 0 Å². The lowest BCUT2D eigenvalue weighted by molar-refractivity contribution is 0.206. The molecule has 1 aliphatic heterocycles. The van der Waals surface area contributed by atoms with Gasteiger partial charge in [0, 0.05) is 32.6 Å². The van der Waals surface area contributed by atoms with Crippen molar-refractivity contribution in [1.82, 2.24) is 25.7 Å². The van der Waals surface area contributed by atoms with Crippen LogP contribution in [0.1, 0.15) is 44.8 Å². The van der Waals surface area contributed by atoms with Crippen molar-refractivity contribution >= 4 is 29.9 Å². The number of guanidine groups is 1. The van der Waals surface area contributed by atoms with Gasteiger partial charge in [-0.05, 0) is 32.7 Å². The highest BCUT2D eigenvalue weighted by Crippen LogP contribution is 2.10. The Kier molecular flexibility index (Phi) is 9.46. The fourth-order valence-electron chi connectivity index (χ4n) is 2.69. The lowest BCUT2D eigenvalue weighted by Crippen LogP contribution is -2.48. The van der Waals surface area contributed by atoms with Gasteiger partial charge in [0.25, 0.3) is 0 Å². The van der Waals surface area contributed by atoms with Crippen LogP contribution in [0.5, 0.6) is 0 Å². The van der Waals surface area contributed by atoms with Gasteiger partial charge >= 0.3 is 0 Å². The highest BCUT2D eigenvalue weighted by atomic mass is 127. The molecule has 8 heteroatoms. The van der Waals surface area contributed by atoms with E-state index in [1.54, 1.807) is 6.92 Å². The predicted molar refractivity (Wildman–Crippen MR) is 102 cm³/mol. The molecule has 1 saturated heterocycles. The van der Waals surface area contributed by atoms with Gasteiger partial charge in [0.1, 0.15) is 6.54 Å². The van der Waals surface area contributed by atoms with Crippen molar-refractivity contribution in [3.05, 3.63) is 11.7 Å². The van der Waals surface area contributed by atoms with Crippen LogP contribution in [0.2, 0.25) is 0 Å². The topological polar surface area (TPSA) is 78.6 Å². The number of piperidine rings is 1. The Balaban J connectivity index is 0.00000264. The highest BCUT2D eigenvalue weighted by molar-refractivity contribution is 14.0. The summed E-state index contributed by atoms with van der Waals surface area (Å²) in [6.45, 7) is 10.9. The fourth-order valence-corrected chi connectivity index (χ4v) is 2.69. The van der Waals surface area contributed by atoms with Crippen LogP contribution in [-0.4, -0.2) is 53.2 Å². The number of hydrogen-bond donors (Lipinski definition) is 2. The molecule has 0 bridgehead atoms. The van der Waals surface area contributed by atoms with Gasteiger partial charge in [-0.15, -0.1) is 24.0 Å². The Morgan fingerprint density at radius 1 is 1.35 bits per heavy atom. The first-order chi connectivity index (χ1) is 10.7. The fraction of sp³-hybridized carbons (Fsp3) is 0.800. The first kappa shape index (κ1) is 20.1. The van der Waals surface area contributed by atoms with Gasteiger partial charge in [-0.25, -0.2) is 4.99 Å². The van der Waals surface area contributed by atoms with Gasteiger partial charge in [0.2, 0.25) is 5.89 Å². The van der Waals surface area contributed by atoms with Gasteiger partial charge in [-0.3, -0.25) is 0 Å². The molecule has 0 aromatic carbocycles. The molecule has 0 saturated carbocycles. The second-order valence-electron chi connectivity index (χ2n) is 5.69. The van der Waals surface area contributed by atoms with Crippen LogP contribution in [0.15, 0.2) is 9.52 Å². The smallest absolute Gasteiger partial charge is 0.223 e. The monoisotopic (exact) mass is 436 g/mol. The largest absolute Gasteiger partial charge is 0.357 e. The van der Waals surface area contributed by atoms with E-state index in [1.807, 2.05) is 0 Å². The van der Waals surface area contributed by atoms with Crippen molar-refractivity contribution in [2.45, 2.75) is 52.6 Å². The predicted octanol–water partition coefficient (Wildman–Crippen LogP) is 1.93. The van der Waals surface area contributed by atoms with Crippen LogP contribution < -0.4 is 10.6 Å². The first-order valence-electron chi connectivity index (χ1n) is 8.27. The van der Waals surface area contributed by atoms with Crippen molar-refractivity contribution in [1.29, 1.82) is 0 Å². The van der Waals surface area contributed by atoms with Gasteiger partial charge < -0.3 is 20.1 Å². The van der Waals surface area contributed by atoms with E-state index < -0.39 is 0 Å². The summed E-state index contributed by atoms with van der Waals surface area (Å²) >= 11 is 0. The molecule has 23 heavy (non-hydrogen) atoms. The number of likely N-dealkylation sites (tertiary alicyclic amines) is 1. The average Bonchev–Trinajstić information content (AvgIpc) is 2.93. The number of aryl methyl sites for hydroxylation is 1. The molecule has 2 N–H and O–H groups in total. The quantitative estimate of drug-likeness (QED) is 0.403. The zero-order valence-corrected chi connectivity index (χ0v) is 16.7. The average molecular weight is 436 g/mol. The minimum absolute atomic E-state index is 0. The molecule has 7 nitrogen and oxygen atoms in total. The Bertz CT molecular complexity index is 470. The molecule has 2 heterocycles. The van der Waals surface area contributed by atoms with Gasteiger partial charge in [0.15, 0.2) is 11.8 Å². The van der Waals surface area contributed by atoms with Crippen molar-refractivity contribution in [2.75, 3.05) is 26.2 Å². The number of halogens is 1. The van der Waals surface area contributed by atoms with Crippen LogP contribution in [0.3, 0.4) is 0 Å². The molecular weight excluding hydrogens is 407 g/mol. The molecule has 0 amide bonds. The molecule has 0 atom stereocenters. The third-order valence-electron chi connectivity index (χ3n) is 3.76. The van der Waals surface area contributed by atoms with E-state index in [2.05, 4.69) is 44.5 Å². The number of nitrogens with one attached hydrogen (secondary N) is 2. The van der Waals surface area contributed by atoms with Crippen LogP contribution in [0.4, 0.5) is 0 Å². The van der Waals surface area contributed by atoms with E-state index in [4.69, 9.17) is 4.52 Å². The maximum atomic E-state index is 4.96. The summed E-state index contributed by atoms with van der Waals surface area (Å²) in [6.07, 6.45) is 3.55. The van der Waals surface area contributed by atoms with Crippen molar-refractivity contribution in [3.63, 3.8) is 0 Å². The molecule has 1 aromatic rings. The van der Waals surface area contributed by atoms with Crippen LogP contribution in [-0.2, 0) is 6.54 Å². The number of hydrogen-bond acceptors (Lipinski definition) is 5. The Labute approximate surface area is 155 Å². The van der Waals surface area contributed by atoms with Crippen LogP contribution >= 0.6 is 24.0 Å². The van der Waals surface area contributed by atoms with Crippen LogP contribution in [0, 0.1) is 6.92 Å². The van der Waals surface area contributed by atoms with Gasteiger partial charge in [-0.1, -0.05) is 12.1 Å². The number of nitrogens with zero attached hydrogens (tertiary/aromatic N) is 4. The molecule has 0 radical (unpaired) electrons. The number of rotatable bonds is 6. The molecule has 1 fully saturated rings. The second kappa shape index (κ2) is 10.8. The minimum Gasteiger partial charge on any atom is -0.357 e. The molecule has 1 aliphatic rings. The molecule has 1 aromatic heterocycles. The van der Waals surface area contributed by atoms with E-state index in [0.717, 1.165) is 38.4 Å². The molecule has 0 aliphatic carbocycles. The van der Waals surface area contributed by atoms with Gasteiger partial charge in [0.05, 0.1) is 0 Å². The summed E-state index contributed by atoms with van der Waals surface area (Å²) < 4.78 is 4.96. The highest BCUT2D eigenvalue weighted by Gasteiger charge is 2.19. The van der Waals surface area contributed by atoms with E-state index in [1.165, 1.54) is 13.0 Å². The molecule has 2 rings (SSSR count). The Morgan fingerprint density at radius 2 is 2.09 bits per heavy atom. The molecule has 132 valence electrons. The second-order valence-corrected chi connectivity index (χ2v) is 5.69. The summed E-state index contributed by atoms with van der Waals surface area (Å²) in [6, 6.07) is 0.484. The van der Waals surface area contributed by atoms with E-state index in [0.29, 0.717) is 24.3 Å². The maximum Gasteiger partial charge on any atom is 0.223 e. The Hall–Kier alpha value is -0.900. The summed E-state index contributed by atoms with van der Waals surface area (Å²) in [5.74, 6) is 2.03. The third-order valence-corrected chi connectivity index (χ3v) is 3.76. The zero-order valence-electron chi connectivity index (χ0n) is 14.3. The zero-order chi connectivity index (χ0) is 15.8. The van der Waals surface area contributed by atoms with E-state index in [-0.39, 0.29) is 24.0 Å². The minimum atomic E-state index is 0. The van der Waals surface area contributed by atoms with Crippen molar-refractivity contribution in [2.24, 2.45) is 4.99 Å². The lowest BCUT2D eigenvalue weighted by atomic mass is 10.1. The summed E-state index contributed by atoms with van der Waals surface area (Å²) in [5.41, 5.74) is 0. The SMILES string of the molecule is CCCN1CCC(NC(=NCc2noc(C)n2)NCC)CC1.I.